The van der Waals surface area contributed by atoms with E-state index in [2.05, 4.69) is 51.8 Å². The van der Waals surface area contributed by atoms with Crippen molar-refractivity contribution in [3.8, 4) is 0 Å². The molecular weight excluding hydrogens is 336 g/mol. The fourth-order valence-corrected chi connectivity index (χ4v) is 3.48. The van der Waals surface area contributed by atoms with Gasteiger partial charge in [-0.2, -0.15) is 0 Å². The standard InChI is InChI=1S/C19H15BrN2/c1-11-5-14-7-16-10-22-19(13-3-4-21-12(2)6-13)17(16)8-15(14)9-18(11)20/h3-4,6-9H,1,5,10H2,2H3. The lowest BCUT2D eigenvalue weighted by Gasteiger charge is -2.17. The molecule has 0 atom stereocenters. The molecule has 3 heteroatoms. The second-order valence-corrected chi connectivity index (χ2v) is 6.69. The molecule has 0 saturated heterocycles. The Morgan fingerprint density at radius 1 is 1.18 bits per heavy atom. The Morgan fingerprint density at radius 3 is 2.86 bits per heavy atom. The third-order valence-electron chi connectivity index (χ3n) is 4.22. The Hall–Kier alpha value is -2.00. The zero-order chi connectivity index (χ0) is 15.3. The van der Waals surface area contributed by atoms with Gasteiger partial charge in [-0.05, 0) is 59.9 Å². The van der Waals surface area contributed by atoms with Crippen LogP contribution in [0.5, 0.6) is 0 Å². The Balaban J connectivity index is 1.83. The summed E-state index contributed by atoms with van der Waals surface area (Å²) < 4.78 is 1.09. The predicted molar refractivity (Wildman–Crippen MR) is 94.5 cm³/mol. The first kappa shape index (κ1) is 13.6. The smallest absolute Gasteiger partial charge is 0.0727 e. The number of pyridine rings is 1. The van der Waals surface area contributed by atoms with Crippen molar-refractivity contribution in [3.05, 3.63) is 80.6 Å². The van der Waals surface area contributed by atoms with E-state index in [-0.39, 0.29) is 0 Å². The first-order valence-corrected chi connectivity index (χ1v) is 8.10. The van der Waals surface area contributed by atoms with Crippen LogP contribution in [0.3, 0.4) is 0 Å². The van der Waals surface area contributed by atoms with E-state index >= 15 is 0 Å². The second kappa shape index (κ2) is 5.03. The van der Waals surface area contributed by atoms with Crippen molar-refractivity contribution >= 4 is 27.7 Å². The number of allylic oxidation sites excluding steroid dienone is 2. The van der Waals surface area contributed by atoms with Gasteiger partial charge in [-0.3, -0.25) is 9.98 Å². The summed E-state index contributed by atoms with van der Waals surface area (Å²) in [4.78, 5) is 9.03. The van der Waals surface area contributed by atoms with E-state index in [0.29, 0.717) is 0 Å². The quantitative estimate of drug-likeness (QED) is 0.738. The molecule has 0 N–H and O–H groups in total. The van der Waals surface area contributed by atoms with E-state index in [9.17, 15) is 0 Å². The number of halogens is 1. The van der Waals surface area contributed by atoms with Crippen LogP contribution in [-0.4, -0.2) is 10.7 Å². The number of hydrogen-bond acceptors (Lipinski definition) is 2. The van der Waals surface area contributed by atoms with Gasteiger partial charge < -0.3 is 0 Å². The minimum Gasteiger partial charge on any atom is -0.279 e. The summed E-state index contributed by atoms with van der Waals surface area (Å²) in [5, 5.41) is 0. The average Bonchev–Trinajstić information content (AvgIpc) is 2.89. The van der Waals surface area contributed by atoms with Gasteiger partial charge in [0.25, 0.3) is 0 Å². The van der Waals surface area contributed by atoms with Crippen molar-refractivity contribution in [2.75, 3.05) is 0 Å². The summed E-state index contributed by atoms with van der Waals surface area (Å²) in [7, 11) is 0. The first-order chi connectivity index (χ1) is 10.6. The minimum absolute atomic E-state index is 0.761. The number of benzene rings is 1. The van der Waals surface area contributed by atoms with E-state index < -0.39 is 0 Å². The molecule has 0 fully saturated rings. The Bertz CT molecular complexity index is 875. The number of aromatic nitrogens is 1. The molecule has 22 heavy (non-hydrogen) atoms. The second-order valence-electron chi connectivity index (χ2n) is 5.83. The molecule has 2 nitrogen and oxygen atoms in total. The third-order valence-corrected chi connectivity index (χ3v) is 5.01. The predicted octanol–water partition coefficient (Wildman–Crippen LogP) is 4.59. The van der Waals surface area contributed by atoms with Crippen LogP contribution in [0.2, 0.25) is 0 Å². The van der Waals surface area contributed by atoms with E-state index in [1.165, 1.54) is 22.3 Å². The van der Waals surface area contributed by atoms with Crippen molar-refractivity contribution < 1.29 is 0 Å². The molecule has 0 unspecified atom stereocenters. The van der Waals surface area contributed by atoms with Crippen molar-refractivity contribution in [2.45, 2.75) is 19.9 Å². The highest BCUT2D eigenvalue weighted by Gasteiger charge is 2.22. The molecule has 108 valence electrons. The lowest BCUT2D eigenvalue weighted by molar-refractivity contribution is 1.08. The van der Waals surface area contributed by atoms with Crippen LogP contribution < -0.4 is 0 Å². The fourth-order valence-electron chi connectivity index (χ4n) is 3.09. The molecule has 0 spiro atoms. The molecule has 0 bridgehead atoms. The van der Waals surface area contributed by atoms with Crippen LogP contribution in [-0.2, 0) is 13.0 Å². The van der Waals surface area contributed by atoms with Crippen LogP contribution in [0, 0.1) is 6.92 Å². The van der Waals surface area contributed by atoms with Crippen molar-refractivity contribution in [3.63, 3.8) is 0 Å². The zero-order valence-electron chi connectivity index (χ0n) is 12.4. The topological polar surface area (TPSA) is 25.2 Å². The van der Waals surface area contributed by atoms with Crippen molar-refractivity contribution in [2.24, 2.45) is 4.99 Å². The van der Waals surface area contributed by atoms with Gasteiger partial charge >= 0.3 is 0 Å². The van der Waals surface area contributed by atoms with Crippen LogP contribution in [0.1, 0.15) is 33.5 Å². The van der Waals surface area contributed by atoms with Gasteiger partial charge in [0.2, 0.25) is 0 Å². The molecule has 4 rings (SSSR count). The maximum absolute atomic E-state index is 4.76. The highest BCUT2D eigenvalue weighted by Crippen LogP contribution is 2.34. The zero-order valence-corrected chi connectivity index (χ0v) is 13.9. The van der Waals surface area contributed by atoms with Crippen LogP contribution in [0.25, 0.3) is 6.08 Å². The number of aryl methyl sites for hydroxylation is 1. The molecule has 2 heterocycles. The van der Waals surface area contributed by atoms with Gasteiger partial charge in [0.1, 0.15) is 0 Å². The van der Waals surface area contributed by atoms with Gasteiger partial charge in [-0.1, -0.05) is 28.6 Å². The molecular formula is C19H15BrN2. The Morgan fingerprint density at radius 2 is 2.05 bits per heavy atom. The van der Waals surface area contributed by atoms with Crippen molar-refractivity contribution in [1.29, 1.82) is 0 Å². The largest absolute Gasteiger partial charge is 0.279 e. The van der Waals surface area contributed by atoms with Gasteiger partial charge in [0.15, 0.2) is 0 Å². The van der Waals surface area contributed by atoms with Gasteiger partial charge in [-0.25, -0.2) is 0 Å². The van der Waals surface area contributed by atoms with E-state index in [1.807, 2.05) is 19.2 Å². The monoisotopic (exact) mass is 350 g/mol. The maximum atomic E-state index is 4.76. The Labute approximate surface area is 138 Å². The maximum Gasteiger partial charge on any atom is 0.0727 e. The molecule has 1 aliphatic carbocycles. The summed E-state index contributed by atoms with van der Waals surface area (Å²) in [6.45, 7) is 6.88. The van der Waals surface area contributed by atoms with Crippen molar-refractivity contribution in [1.82, 2.24) is 4.98 Å². The number of fused-ring (bicyclic) bond motifs is 2. The third kappa shape index (κ3) is 2.17. The highest BCUT2D eigenvalue weighted by molar-refractivity contribution is 9.12. The summed E-state index contributed by atoms with van der Waals surface area (Å²) in [5.74, 6) is 0. The molecule has 0 saturated carbocycles. The van der Waals surface area contributed by atoms with E-state index in [0.717, 1.165) is 40.0 Å². The van der Waals surface area contributed by atoms with Gasteiger partial charge in [0, 0.05) is 27.5 Å². The molecule has 1 aromatic heterocycles. The fraction of sp³-hybridized carbons (Fsp3) is 0.158. The summed E-state index contributed by atoms with van der Waals surface area (Å²) in [5.41, 5.74) is 9.54. The molecule has 2 aromatic rings. The van der Waals surface area contributed by atoms with Crippen LogP contribution >= 0.6 is 15.9 Å². The summed E-state index contributed by atoms with van der Waals surface area (Å²) in [6.07, 6.45) is 4.92. The van der Waals surface area contributed by atoms with E-state index in [4.69, 9.17) is 4.99 Å². The molecule has 0 radical (unpaired) electrons. The lowest BCUT2D eigenvalue weighted by Crippen LogP contribution is -2.06. The SMILES string of the molecule is C=C1Cc2cc3c(cc2C=C1Br)C(c1ccnc(C)c1)=NC3. The number of nitrogens with zero attached hydrogens (tertiary/aromatic N) is 2. The Kier molecular flexibility index (Phi) is 3.12. The first-order valence-electron chi connectivity index (χ1n) is 7.31. The number of rotatable bonds is 1. The average molecular weight is 351 g/mol. The van der Waals surface area contributed by atoms with Gasteiger partial charge in [-0.15, -0.1) is 0 Å². The molecule has 1 aromatic carbocycles. The van der Waals surface area contributed by atoms with E-state index in [1.54, 1.807) is 0 Å². The highest BCUT2D eigenvalue weighted by atomic mass is 79.9. The molecule has 2 aliphatic rings. The lowest BCUT2D eigenvalue weighted by atomic mass is 9.89. The minimum atomic E-state index is 0.761. The molecule has 1 aliphatic heterocycles. The van der Waals surface area contributed by atoms with Gasteiger partial charge in [0.05, 0.1) is 12.3 Å². The number of aliphatic imine (C=N–C) groups is 1. The van der Waals surface area contributed by atoms with Crippen LogP contribution in [0.15, 0.2) is 52.1 Å². The molecule has 0 amide bonds. The normalized spacial score (nSPS) is 16.0. The summed E-state index contributed by atoms with van der Waals surface area (Å²) in [6, 6.07) is 8.69. The summed E-state index contributed by atoms with van der Waals surface area (Å²) >= 11 is 3.60. The van der Waals surface area contributed by atoms with Crippen LogP contribution in [0.4, 0.5) is 0 Å². The number of hydrogen-bond donors (Lipinski definition) is 0.